The molecule has 0 aliphatic carbocycles. The molecule has 1 aliphatic heterocycles. The number of carbonyl (C=O) groups excluding carboxylic acids is 2. The predicted molar refractivity (Wildman–Crippen MR) is 134 cm³/mol. The maximum absolute atomic E-state index is 13.6. The van der Waals surface area contributed by atoms with Gasteiger partial charge in [-0.25, -0.2) is 9.69 Å². The monoisotopic (exact) mass is 489 g/mol. The highest BCUT2D eigenvalue weighted by molar-refractivity contribution is 5.96. The molecule has 4 rings (SSSR count). The van der Waals surface area contributed by atoms with Crippen molar-refractivity contribution < 1.29 is 28.9 Å². The Balaban J connectivity index is 1.52. The quantitative estimate of drug-likeness (QED) is 0.445. The molecule has 3 aromatic carbocycles. The third-order valence-corrected chi connectivity index (χ3v) is 5.91. The van der Waals surface area contributed by atoms with Gasteiger partial charge in [0.15, 0.2) is 6.10 Å². The van der Waals surface area contributed by atoms with Crippen LogP contribution in [0.1, 0.15) is 36.6 Å². The van der Waals surface area contributed by atoms with E-state index in [4.69, 9.17) is 14.2 Å². The van der Waals surface area contributed by atoms with Gasteiger partial charge in [0, 0.05) is 0 Å². The first-order valence-electron chi connectivity index (χ1n) is 12.1. The lowest BCUT2D eigenvalue weighted by molar-refractivity contribution is -0.154. The van der Waals surface area contributed by atoms with Gasteiger partial charge in [-0.2, -0.15) is 0 Å². The number of cyclic esters (lactones) is 1. The number of carbonyl (C=O) groups is 2. The van der Waals surface area contributed by atoms with Crippen molar-refractivity contribution in [3.63, 3.8) is 0 Å². The molecular weight excluding hydrogens is 458 g/mol. The zero-order chi connectivity index (χ0) is 25.5. The molecule has 1 saturated heterocycles. The molecule has 7 heteroatoms. The fourth-order valence-electron chi connectivity index (χ4n) is 4.17. The molecule has 1 N–H and O–H groups in total. The third-order valence-electron chi connectivity index (χ3n) is 5.91. The fourth-order valence-corrected chi connectivity index (χ4v) is 4.17. The number of imide groups is 1. The summed E-state index contributed by atoms with van der Waals surface area (Å²) in [6, 6.07) is 25.7. The topological polar surface area (TPSA) is 85.3 Å². The molecule has 7 nitrogen and oxygen atoms in total. The summed E-state index contributed by atoms with van der Waals surface area (Å²) < 4.78 is 17.0. The highest BCUT2D eigenvalue weighted by Gasteiger charge is 2.44. The Labute approximate surface area is 211 Å². The number of hydrogen-bond acceptors (Lipinski definition) is 6. The number of amides is 2. The molecule has 1 fully saturated rings. The van der Waals surface area contributed by atoms with Gasteiger partial charge in [-0.1, -0.05) is 72.8 Å². The van der Waals surface area contributed by atoms with E-state index in [0.29, 0.717) is 24.3 Å². The molecule has 1 aliphatic rings. The Hall–Kier alpha value is -3.68. The standard InChI is InChI=1S/C29H31NO6/c1-20(2)36-27(28(32)30-24(19-35-29(30)33)16-21-10-5-3-6-11-21)26(31)23-14-9-15-25(17-23)34-18-22-12-7-4-8-13-22/h3-15,17,20,24,26-27,31H,16,18-19H2,1-2H3/t24?,26-,27-/m0/s1. The lowest BCUT2D eigenvalue weighted by Gasteiger charge is -2.29. The van der Waals surface area contributed by atoms with E-state index in [-0.39, 0.29) is 12.7 Å². The zero-order valence-corrected chi connectivity index (χ0v) is 20.4. The number of ether oxygens (including phenoxy) is 3. The molecule has 0 bridgehead atoms. The van der Waals surface area contributed by atoms with Crippen LogP contribution in [-0.4, -0.2) is 46.9 Å². The molecule has 0 spiro atoms. The number of hydrogen-bond donors (Lipinski definition) is 1. The molecule has 1 heterocycles. The molecule has 188 valence electrons. The number of nitrogens with zero attached hydrogens (tertiary/aromatic N) is 1. The van der Waals surface area contributed by atoms with Gasteiger partial charge in [0.25, 0.3) is 5.91 Å². The van der Waals surface area contributed by atoms with Gasteiger partial charge in [0.05, 0.1) is 12.1 Å². The lowest BCUT2D eigenvalue weighted by Crippen LogP contribution is -2.49. The summed E-state index contributed by atoms with van der Waals surface area (Å²) in [5.74, 6) is -0.0797. The van der Waals surface area contributed by atoms with E-state index in [1.54, 1.807) is 38.1 Å². The number of aliphatic hydroxyl groups excluding tert-OH is 1. The van der Waals surface area contributed by atoms with Gasteiger partial charge in [0.1, 0.15) is 25.1 Å². The van der Waals surface area contributed by atoms with Crippen molar-refractivity contribution in [2.45, 2.75) is 51.2 Å². The Bertz CT molecular complexity index is 1150. The largest absolute Gasteiger partial charge is 0.489 e. The summed E-state index contributed by atoms with van der Waals surface area (Å²) in [7, 11) is 0. The highest BCUT2D eigenvalue weighted by Crippen LogP contribution is 2.28. The minimum atomic E-state index is -1.31. The van der Waals surface area contributed by atoms with Crippen LogP contribution >= 0.6 is 0 Å². The van der Waals surface area contributed by atoms with Gasteiger partial charge in [0.2, 0.25) is 0 Å². The second-order valence-electron chi connectivity index (χ2n) is 9.03. The van der Waals surface area contributed by atoms with Crippen molar-refractivity contribution in [1.29, 1.82) is 0 Å². The van der Waals surface area contributed by atoms with E-state index in [1.165, 1.54) is 0 Å². The normalized spacial score (nSPS) is 17.1. The van der Waals surface area contributed by atoms with Crippen molar-refractivity contribution in [2.75, 3.05) is 6.61 Å². The van der Waals surface area contributed by atoms with Gasteiger partial charge in [-0.05, 0) is 49.1 Å². The minimum absolute atomic E-state index is 0.0901. The zero-order valence-electron chi connectivity index (χ0n) is 20.4. The maximum Gasteiger partial charge on any atom is 0.417 e. The number of rotatable bonds is 10. The van der Waals surface area contributed by atoms with Crippen molar-refractivity contribution in [3.8, 4) is 5.75 Å². The Morgan fingerprint density at radius 2 is 1.67 bits per heavy atom. The number of aliphatic hydroxyl groups is 1. The van der Waals surface area contributed by atoms with E-state index in [1.807, 2.05) is 60.7 Å². The summed E-state index contributed by atoms with van der Waals surface area (Å²) in [6.07, 6.45) is -3.25. The summed E-state index contributed by atoms with van der Waals surface area (Å²) >= 11 is 0. The smallest absolute Gasteiger partial charge is 0.417 e. The second kappa shape index (κ2) is 11.8. The maximum atomic E-state index is 13.6. The van der Waals surface area contributed by atoms with Crippen molar-refractivity contribution in [3.05, 3.63) is 102 Å². The van der Waals surface area contributed by atoms with Crippen LogP contribution in [0.25, 0.3) is 0 Å². The van der Waals surface area contributed by atoms with Gasteiger partial charge < -0.3 is 19.3 Å². The SMILES string of the molecule is CC(C)O[C@H](C(=O)N1C(=O)OCC1Cc1ccccc1)[C@@H](O)c1cccc(OCc2ccccc2)c1. The van der Waals surface area contributed by atoms with Crippen LogP contribution in [0.15, 0.2) is 84.9 Å². The van der Waals surface area contributed by atoms with E-state index in [2.05, 4.69) is 0 Å². The number of benzene rings is 3. The molecule has 0 aromatic heterocycles. The first kappa shape index (κ1) is 25.4. The second-order valence-corrected chi connectivity index (χ2v) is 9.03. The molecule has 0 saturated carbocycles. The van der Waals surface area contributed by atoms with Gasteiger partial charge in [-0.15, -0.1) is 0 Å². The summed E-state index contributed by atoms with van der Waals surface area (Å²) in [5.41, 5.74) is 2.44. The minimum Gasteiger partial charge on any atom is -0.489 e. The first-order chi connectivity index (χ1) is 17.4. The van der Waals surface area contributed by atoms with E-state index < -0.39 is 30.3 Å². The van der Waals surface area contributed by atoms with Crippen LogP contribution in [0.4, 0.5) is 4.79 Å². The summed E-state index contributed by atoms with van der Waals surface area (Å²) in [5, 5.41) is 11.3. The third kappa shape index (κ3) is 6.30. The Morgan fingerprint density at radius 3 is 2.33 bits per heavy atom. The Kier molecular flexibility index (Phi) is 8.36. The van der Waals surface area contributed by atoms with E-state index in [9.17, 15) is 14.7 Å². The molecular formula is C29H31NO6. The molecule has 0 radical (unpaired) electrons. The molecule has 3 aromatic rings. The van der Waals surface area contributed by atoms with Crippen molar-refractivity contribution in [1.82, 2.24) is 4.90 Å². The van der Waals surface area contributed by atoms with E-state index in [0.717, 1.165) is 16.0 Å². The van der Waals surface area contributed by atoms with Crippen LogP contribution in [0.2, 0.25) is 0 Å². The lowest BCUT2D eigenvalue weighted by atomic mass is 10.0. The van der Waals surface area contributed by atoms with E-state index >= 15 is 0 Å². The first-order valence-corrected chi connectivity index (χ1v) is 12.1. The fraction of sp³-hybridized carbons (Fsp3) is 0.310. The average molecular weight is 490 g/mol. The van der Waals surface area contributed by atoms with Crippen LogP contribution in [0.3, 0.4) is 0 Å². The summed E-state index contributed by atoms with van der Waals surface area (Å²) in [6.45, 7) is 4.01. The highest BCUT2D eigenvalue weighted by atomic mass is 16.6. The van der Waals surface area contributed by atoms with Crippen molar-refractivity contribution in [2.24, 2.45) is 0 Å². The predicted octanol–water partition coefficient (Wildman–Crippen LogP) is 4.68. The molecule has 36 heavy (non-hydrogen) atoms. The van der Waals surface area contributed by atoms with Gasteiger partial charge >= 0.3 is 6.09 Å². The van der Waals surface area contributed by atoms with Crippen LogP contribution in [-0.2, 0) is 27.3 Å². The van der Waals surface area contributed by atoms with Crippen molar-refractivity contribution >= 4 is 12.0 Å². The van der Waals surface area contributed by atoms with Crippen LogP contribution in [0.5, 0.6) is 5.75 Å². The van der Waals surface area contributed by atoms with Gasteiger partial charge in [-0.3, -0.25) is 4.79 Å². The summed E-state index contributed by atoms with van der Waals surface area (Å²) in [4.78, 5) is 27.3. The molecule has 3 atom stereocenters. The van der Waals surface area contributed by atoms with Crippen LogP contribution in [0, 0.1) is 0 Å². The Morgan fingerprint density at radius 1 is 1.00 bits per heavy atom. The van der Waals surface area contributed by atoms with Crippen LogP contribution < -0.4 is 4.74 Å². The molecule has 1 unspecified atom stereocenters. The molecule has 2 amide bonds. The average Bonchev–Trinajstić information content (AvgIpc) is 3.26.